The molecule has 0 bridgehead atoms. The number of carbonyl (C=O) groups excluding carboxylic acids is 2. The molecule has 1 aliphatic heterocycles. The van der Waals surface area contributed by atoms with Crippen molar-refractivity contribution in [2.75, 3.05) is 0 Å². The van der Waals surface area contributed by atoms with Crippen molar-refractivity contribution in [1.82, 2.24) is 0 Å². The van der Waals surface area contributed by atoms with Crippen LogP contribution >= 0.6 is 0 Å². The molecule has 0 radical (unpaired) electrons. The van der Waals surface area contributed by atoms with Crippen LogP contribution in [0, 0.1) is 0 Å². The van der Waals surface area contributed by atoms with Gasteiger partial charge in [0.2, 0.25) is 0 Å². The third kappa shape index (κ3) is 5.01. The third-order valence-electron chi connectivity index (χ3n) is 0.889. The summed E-state index contributed by atoms with van der Waals surface area (Å²) in [5, 5.41) is 3.10. The van der Waals surface area contributed by atoms with Crippen LogP contribution in [-0.2, 0) is 9.59 Å². The van der Waals surface area contributed by atoms with Crippen molar-refractivity contribution in [3.63, 3.8) is 0 Å². The van der Waals surface area contributed by atoms with Gasteiger partial charge < -0.3 is 14.9 Å². The fraction of sp³-hybridized carbons (Fsp3) is 0.429. The van der Waals surface area contributed by atoms with Crippen LogP contribution in [0.15, 0.2) is 11.6 Å². The minimum absolute atomic E-state index is 0. The van der Waals surface area contributed by atoms with E-state index in [0.29, 0.717) is 5.57 Å². The molecule has 0 atom stereocenters. The molecule has 0 aromatic rings. The zero-order chi connectivity index (χ0) is 8.15. The van der Waals surface area contributed by atoms with E-state index < -0.39 is 11.8 Å². The Hall–Kier alpha value is 0.685. The molecule has 11 heavy (non-hydrogen) atoms. The van der Waals surface area contributed by atoms with E-state index in [9.17, 15) is 9.59 Å². The first-order valence-corrected chi connectivity index (χ1v) is 3.18. The first-order valence-electron chi connectivity index (χ1n) is 3.18. The van der Waals surface area contributed by atoms with Gasteiger partial charge in [-0.25, -0.2) is 0 Å². The van der Waals surface area contributed by atoms with Crippen molar-refractivity contribution >= 4 is 11.8 Å². The van der Waals surface area contributed by atoms with Gasteiger partial charge in [0.15, 0.2) is 0 Å². The van der Waals surface area contributed by atoms with Gasteiger partial charge in [-0.1, -0.05) is 13.8 Å². The van der Waals surface area contributed by atoms with Gasteiger partial charge in [-0.05, 0) is 18.6 Å². The smallest absolute Gasteiger partial charge is 0.588 e. The fourth-order valence-corrected chi connectivity index (χ4v) is 0.467. The molecular formula is C7H10NO2Rb. The van der Waals surface area contributed by atoms with Crippen LogP contribution < -0.4 is 58.2 Å². The third-order valence-corrected chi connectivity index (χ3v) is 0.889. The van der Waals surface area contributed by atoms with Gasteiger partial charge in [0.25, 0.3) is 0 Å². The number of imide groups is 1. The van der Waals surface area contributed by atoms with Crippen LogP contribution in [0.4, 0.5) is 0 Å². The predicted molar refractivity (Wildman–Crippen MR) is 38.5 cm³/mol. The maximum Gasteiger partial charge on any atom is 1.00 e. The van der Waals surface area contributed by atoms with Crippen molar-refractivity contribution in [3.8, 4) is 0 Å². The second kappa shape index (κ2) is 7.34. The topological polar surface area (TPSA) is 48.2 Å². The summed E-state index contributed by atoms with van der Waals surface area (Å²) >= 11 is 0. The SMILES string of the molecule is CC.CC1=CC(=O)[N-]C1=O.[Rb+]. The summed E-state index contributed by atoms with van der Waals surface area (Å²) in [6.07, 6.45) is 1.22. The zero-order valence-corrected chi connectivity index (χ0v) is 12.3. The van der Waals surface area contributed by atoms with Gasteiger partial charge in [0, 0.05) is 0 Å². The standard InChI is InChI=1S/C5H5NO2.C2H6.Rb/c1-3-2-4(7)6-5(3)8;1-2;/h2H,1H3,(H,6,7,8);1-2H3;/q;;+1/p-1. The van der Waals surface area contributed by atoms with Gasteiger partial charge in [0.1, 0.15) is 0 Å². The van der Waals surface area contributed by atoms with Crippen LogP contribution in [0.5, 0.6) is 0 Å². The molecule has 4 heteroatoms. The van der Waals surface area contributed by atoms with Crippen molar-refractivity contribution in [1.29, 1.82) is 0 Å². The van der Waals surface area contributed by atoms with Crippen LogP contribution in [0.25, 0.3) is 5.32 Å². The first-order chi connectivity index (χ1) is 4.70. The van der Waals surface area contributed by atoms with Crippen molar-refractivity contribution in [2.24, 2.45) is 0 Å². The van der Waals surface area contributed by atoms with E-state index in [1.807, 2.05) is 13.8 Å². The molecule has 0 fully saturated rings. The molecule has 0 saturated heterocycles. The summed E-state index contributed by atoms with van der Waals surface area (Å²) in [5.74, 6) is -0.845. The molecule has 2 amide bonds. The molecule has 3 nitrogen and oxygen atoms in total. The van der Waals surface area contributed by atoms with E-state index in [0.717, 1.165) is 0 Å². The molecule has 56 valence electrons. The summed E-state index contributed by atoms with van der Waals surface area (Å²) in [4.78, 5) is 20.5. The Kier molecular flexibility index (Phi) is 9.49. The van der Waals surface area contributed by atoms with E-state index in [1.54, 1.807) is 6.92 Å². The van der Waals surface area contributed by atoms with Crippen LogP contribution in [0.1, 0.15) is 20.8 Å². The predicted octanol–water partition coefficient (Wildman–Crippen LogP) is -1.60. The van der Waals surface area contributed by atoms with Gasteiger partial charge in [0.05, 0.1) is 11.8 Å². The normalized spacial score (nSPS) is 13.9. The van der Waals surface area contributed by atoms with E-state index in [-0.39, 0.29) is 58.2 Å². The number of carbonyl (C=O) groups is 2. The second-order valence-corrected chi connectivity index (χ2v) is 1.58. The van der Waals surface area contributed by atoms with Gasteiger partial charge in [-0.15, -0.1) is 0 Å². The summed E-state index contributed by atoms with van der Waals surface area (Å²) in [6, 6.07) is 0. The van der Waals surface area contributed by atoms with Crippen LogP contribution in [0.2, 0.25) is 0 Å². The number of amides is 2. The average Bonchev–Trinajstić information content (AvgIpc) is 2.16. The minimum atomic E-state index is -0.437. The molecule has 0 unspecified atom stereocenters. The summed E-state index contributed by atoms with van der Waals surface area (Å²) in [5.41, 5.74) is 0.426. The molecule has 0 N–H and O–H groups in total. The number of rotatable bonds is 0. The Morgan fingerprint density at radius 3 is 1.82 bits per heavy atom. The Bertz CT molecular complexity index is 187. The van der Waals surface area contributed by atoms with E-state index in [2.05, 4.69) is 5.32 Å². The molecule has 1 aliphatic rings. The zero-order valence-electron chi connectivity index (χ0n) is 7.34. The Morgan fingerprint density at radius 1 is 1.27 bits per heavy atom. The van der Waals surface area contributed by atoms with Gasteiger partial charge >= 0.3 is 58.2 Å². The minimum Gasteiger partial charge on any atom is -0.588 e. The average molecular weight is 226 g/mol. The summed E-state index contributed by atoms with van der Waals surface area (Å²) in [6.45, 7) is 5.57. The van der Waals surface area contributed by atoms with Crippen molar-refractivity contribution < 1.29 is 67.8 Å². The molecule has 1 heterocycles. The van der Waals surface area contributed by atoms with E-state index in [1.165, 1.54) is 6.08 Å². The van der Waals surface area contributed by atoms with Crippen molar-refractivity contribution in [2.45, 2.75) is 20.8 Å². The Morgan fingerprint density at radius 2 is 1.73 bits per heavy atom. The molecule has 0 aliphatic carbocycles. The van der Waals surface area contributed by atoms with E-state index in [4.69, 9.17) is 0 Å². The number of nitrogens with zero attached hydrogens (tertiary/aromatic N) is 1. The second-order valence-electron chi connectivity index (χ2n) is 1.58. The van der Waals surface area contributed by atoms with E-state index >= 15 is 0 Å². The first kappa shape index (κ1) is 14.2. The summed E-state index contributed by atoms with van der Waals surface area (Å²) in [7, 11) is 0. The monoisotopic (exact) mass is 225 g/mol. The number of hydrogen-bond donors (Lipinski definition) is 0. The largest absolute Gasteiger partial charge is 1.00 e. The molecule has 0 spiro atoms. The van der Waals surface area contributed by atoms with Gasteiger partial charge in [-0.2, -0.15) is 0 Å². The number of hydrogen-bond acceptors (Lipinski definition) is 2. The summed E-state index contributed by atoms with van der Waals surface area (Å²) < 4.78 is 0. The van der Waals surface area contributed by atoms with Gasteiger partial charge in [-0.3, -0.25) is 0 Å². The van der Waals surface area contributed by atoms with Crippen LogP contribution in [-0.4, -0.2) is 11.8 Å². The van der Waals surface area contributed by atoms with Crippen molar-refractivity contribution in [3.05, 3.63) is 17.0 Å². The molecule has 0 aromatic carbocycles. The molecular weight excluding hydrogens is 216 g/mol. The van der Waals surface area contributed by atoms with Crippen LogP contribution in [0.3, 0.4) is 0 Å². The quantitative estimate of drug-likeness (QED) is 0.467. The Labute approximate surface area is 115 Å². The molecule has 1 rings (SSSR count). The maximum absolute atomic E-state index is 10.3. The Balaban J connectivity index is 0. The maximum atomic E-state index is 10.3. The molecule has 0 saturated carbocycles. The fourth-order valence-electron chi connectivity index (χ4n) is 0.467. The molecule has 0 aromatic heterocycles.